The number of rotatable bonds is 8. The molecule has 2 amide bonds. The number of nitrogens with one attached hydrogen (secondary N) is 3. The van der Waals surface area contributed by atoms with Gasteiger partial charge < -0.3 is 15.6 Å². The van der Waals surface area contributed by atoms with Gasteiger partial charge in [-0.15, -0.1) is 0 Å². The van der Waals surface area contributed by atoms with Crippen molar-refractivity contribution in [1.82, 2.24) is 20.6 Å². The van der Waals surface area contributed by atoms with E-state index in [2.05, 4.69) is 15.6 Å². The average Bonchev–Trinajstić information content (AvgIpc) is 3.23. The van der Waals surface area contributed by atoms with E-state index in [4.69, 9.17) is 4.98 Å². The minimum atomic E-state index is -0.401. The molecule has 0 bridgehead atoms. The molecule has 6 nitrogen and oxygen atoms in total. The predicted octanol–water partition coefficient (Wildman–Crippen LogP) is 4.23. The first kappa shape index (κ1) is 21.3. The first-order valence-corrected chi connectivity index (χ1v) is 10.7. The van der Waals surface area contributed by atoms with Gasteiger partial charge in [0.2, 0.25) is 11.8 Å². The Morgan fingerprint density at radius 1 is 0.844 bits per heavy atom. The van der Waals surface area contributed by atoms with Crippen molar-refractivity contribution in [2.24, 2.45) is 0 Å². The number of benzene rings is 3. The first-order valence-electron chi connectivity index (χ1n) is 10.7. The molecule has 3 aromatic carbocycles. The first-order chi connectivity index (χ1) is 15.6. The van der Waals surface area contributed by atoms with Crippen molar-refractivity contribution in [3.63, 3.8) is 0 Å². The molecule has 1 aromatic heterocycles. The Hall–Kier alpha value is -3.93. The standard InChI is InChI=1S/C26H26N4O2/c1-18(31)27-23(20-12-6-3-7-13-20)17-25(32)28-24(16-19-10-4-2-5-11-19)26-29-21-14-8-9-15-22(21)30-26/h2-15,23-24H,16-17H2,1H3,(H,27,31)(H,28,32)(H,29,30). The van der Waals surface area contributed by atoms with Crippen molar-refractivity contribution in [3.05, 3.63) is 102 Å². The van der Waals surface area contributed by atoms with Gasteiger partial charge in [0.15, 0.2) is 0 Å². The normalized spacial score (nSPS) is 12.8. The molecule has 0 saturated carbocycles. The lowest BCUT2D eigenvalue weighted by Crippen LogP contribution is -2.35. The zero-order valence-electron chi connectivity index (χ0n) is 17.9. The summed E-state index contributed by atoms with van der Waals surface area (Å²) in [5, 5.41) is 6.02. The van der Waals surface area contributed by atoms with Gasteiger partial charge >= 0.3 is 0 Å². The average molecular weight is 427 g/mol. The van der Waals surface area contributed by atoms with E-state index in [0.29, 0.717) is 12.2 Å². The van der Waals surface area contributed by atoms with Crippen molar-refractivity contribution >= 4 is 22.8 Å². The fraction of sp³-hybridized carbons (Fsp3) is 0.192. The lowest BCUT2D eigenvalue weighted by atomic mass is 10.0. The molecule has 32 heavy (non-hydrogen) atoms. The largest absolute Gasteiger partial charge is 0.349 e. The van der Waals surface area contributed by atoms with Gasteiger partial charge in [-0.3, -0.25) is 9.59 Å². The highest BCUT2D eigenvalue weighted by atomic mass is 16.2. The molecule has 162 valence electrons. The van der Waals surface area contributed by atoms with Crippen molar-refractivity contribution in [3.8, 4) is 0 Å². The zero-order chi connectivity index (χ0) is 22.3. The molecule has 0 fully saturated rings. The summed E-state index contributed by atoms with van der Waals surface area (Å²) < 4.78 is 0. The fourth-order valence-corrected chi connectivity index (χ4v) is 3.82. The van der Waals surface area contributed by atoms with Crippen LogP contribution in [0.5, 0.6) is 0 Å². The second-order valence-corrected chi connectivity index (χ2v) is 7.82. The summed E-state index contributed by atoms with van der Waals surface area (Å²) in [6, 6.07) is 26.6. The molecule has 4 aromatic rings. The van der Waals surface area contributed by atoms with Crippen LogP contribution in [0.2, 0.25) is 0 Å². The van der Waals surface area contributed by atoms with E-state index < -0.39 is 6.04 Å². The van der Waals surface area contributed by atoms with Gasteiger partial charge in [-0.2, -0.15) is 0 Å². The SMILES string of the molecule is CC(=O)NC(CC(=O)NC(Cc1ccccc1)c1nc2ccccc2[nH]1)c1ccccc1. The number of fused-ring (bicyclic) bond motifs is 1. The van der Waals surface area contributed by atoms with Gasteiger partial charge in [-0.1, -0.05) is 72.8 Å². The fourth-order valence-electron chi connectivity index (χ4n) is 3.82. The summed E-state index contributed by atoms with van der Waals surface area (Å²) in [4.78, 5) is 32.9. The number of aromatic nitrogens is 2. The van der Waals surface area contributed by atoms with Crippen LogP contribution in [0.15, 0.2) is 84.9 Å². The zero-order valence-corrected chi connectivity index (χ0v) is 17.9. The number of carbonyl (C=O) groups is 2. The monoisotopic (exact) mass is 426 g/mol. The van der Waals surface area contributed by atoms with E-state index in [1.807, 2.05) is 84.9 Å². The Kier molecular flexibility index (Phi) is 6.60. The maximum Gasteiger partial charge on any atom is 0.223 e. The molecule has 0 spiro atoms. The molecular weight excluding hydrogens is 400 g/mol. The third-order valence-corrected chi connectivity index (χ3v) is 5.32. The Morgan fingerprint density at radius 3 is 2.19 bits per heavy atom. The van der Waals surface area contributed by atoms with E-state index in [1.54, 1.807) is 0 Å². The van der Waals surface area contributed by atoms with Crippen LogP contribution in [0.3, 0.4) is 0 Å². The maximum absolute atomic E-state index is 13.1. The van der Waals surface area contributed by atoms with Crippen molar-refractivity contribution in [1.29, 1.82) is 0 Å². The minimum Gasteiger partial charge on any atom is -0.349 e. The van der Waals surface area contributed by atoms with Gasteiger partial charge in [0.1, 0.15) is 5.82 Å². The summed E-state index contributed by atoms with van der Waals surface area (Å²) in [5.74, 6) is 0.373. The highest BCUT2D eigenvalue weighted by Gasteiger charge is 2.22. The quantitative estimate of drug-likeness (QED) is 0.394. The number of carbonyl (C=O) groups excluding carboxylic acids is 2. The van der Waals surface area contributed by atoms with Crippen LogP contribution in [0.1, 0.15) is 42.4 Å². The van der Waals surface area contributed by atoms with Gasteiger partial charge in [-0.05, 0) is 29.7 Å². The lowest BCUT2D eigenvalue weighted by molar-refractivity contribution is -0.123. The number of aromatic amines is 1. The Labute approximate surface area is 187 Å². The number of imidazole rings is 1. The van der Waals surface area contributed by atoms with Crippen molar-refractivity contribution < 1.29 is 9.59 Å². The minimum absolute atomic E-state index is 0.134. The lowest BCUT2D eigenvalue weighted by Gasteiger charge is -2.21. The summed E-state index contributed by atoms with van der Waals surface area (Å²) in [7, 11) is 0. The number of H-pyrrole nitrogens is 1. The van der Waals surface area contributed by atoms with Crippen molar-refractivity contribution in [2.45, 2.75) is 31.8 Å². The third-order valence-electron chi connectivity index (χ3n) is 5.32. The van der Waals surface area contributed by atoms with Crippen LogP contribution < -0.4 is 10.6 Å². The van der Waals surface area contributed by atoms with Crippen molar-refractivity contribution in [2.75, 3.05) is 0 Å². The van der Waals surface area contributed by atoms with Crippen LogP contribution in [-0.4, -0.2) is 21.8 Å². The van der Waals surface area contributed by atoms with Gasteiger partial charge in [0.05, 0.1) is 29.5 Å². The van der Waals surface area contributed by atoms with Gasteiger partial charge in [0.25, 0.3) is 0 Å². The molecule has 0 aliphatic rings. The molecule has 0 aliphatic heterocycles. The topological polar surface area (TPSA) is 86.9 Å². The molecule has 2 atom stereocenters. The molecule has 0 aliphatic carbocycles. The summed E-state index contributed by atoms with van der Waals surface area (Å²) in [5.41, 5.74) is 3.77. The Bertz CT molecular complexity index is 1160. The molecule has 0 radical (unpaired) electrons. The second-order valence-electron chi connectivity index (χ2n) is 7.82. The van der Waals surface area contributed by atoms with Crippen LogP contribution in [0.4, 0.5) is 0 Å². The summed E-state index contributed by atoms with van der Waals surface area (Å²) >= 11 is 0. The number of nitrogens with zero attached hydrogens (tertiary/aromatic N) is 1. The molecule has 2 unspecified atom stereocenters. The molecule has 3 N–H and O–H groups in total. The molecule has 4 rings (SSSR count). The van der Waals surface area contributed by atoms with Crippen LogP contribution in [-0.2, 0) is 16.0 Å². The third kappa shape index (κ3) is 5.40. The molecule has 0 saturated heterocycles. The van der Waals surface area contributed by atoms with Crippen LogP contribution >= 0.6 is 0 Å². The summed E-state index contributed by atoms with van der Waals surface area (Å²) in [6.45, 7) is 1.46. The Morgan fingerprint density at radius 2 is 1.50 bits per heavy atom. The maximum atomic E-state index is 13.1. The smallest absolute Gasteiger partial charge is 0.223 e. The summed E-state index contributed by atoms with van der Waals surface area (Å²) in [6.07, 6.45) is 0.734. The second kappa shape index (κ2) is 9.92. The van der Waals surface area contributed by atoms with Gasteiger partial charge in [-0.25, -0.2) is 4.98 Å². The highest BCUT2D eigenvalue weighted by molar-refractivity contribution is 5.80. The van der Waals surface area contributed by atoms with Crippen LogP contribution in [0, 0.1) is 0 Å². The van der Waals surface area contributed by atoms with Crippen LogP contribution in [0.25, 0.3) is 11.0 Å². The van der Waals surface area contributed by atoms with E-state index in [0.717, 1.165) is 22.2 Å². The molecule has 6 heteroatoms. The van der Waals surface area contributed by atoms with E-state index in [-0.39, 0.29) is 24.3 Å². The molecule has 1 heterocycles. The van der Waals surface area contributed by atoms with E-state index >= 15 is 0 Å². The number of hydrogen-bond donors (Lipinski definition) is 3. The van der Waals surface area contributed by atoms with E-state index in [1.165, 1.54) is 6.92 Å². The van der Waals surface area contributed by atoms with Gasteiger partial charge in [0, 0.05) is 6.92 Å². The van der Waals surface area contributed by atoms with E-state index in [9.17, 15) is 9.59 Å². The Balaban J connectivity index is 1.56. The number of hydrogen-bond acceptors (Lipinski definition) is 3. The molecular formula is C26H26N4O2. The predicted molar refractivity (Wildman–Crippen MR) is 125 cm³/mol. The number of amides is 2. The number of para-hydroxylation sites is 2. The highest BCUT2D eigenvalue weighted by Crippen LogP contribution is 2.22.